The van der Waals surface area contributed by atoms with E-state index in [0.29, 0.717) is 13.0 Å². The molecule has 1 aromatic carbocycles. The summed E-state index contributed by atoms with van der Waals surface area (Å²) in [7, 11) is 0. The van der Waals surface area contributed by atoms with Crippen molar-refractivity contribution in [3.05, 3.63) is 58.0 Å². The van der Waals surface area contributed by atoms with Crippen molar-refractivity contribution in [2.45, 2.75) is 18.9 Å². The molecular formula is C15H16FNO2S. The summed E-state index contributed by atoms with van der Waals surface area (Å²) in [6, 6.07) is 9.61. The minimum Gasteiger partial charge on any atom is -0.388 e. The van der Waals surface area contributed by atoms with Gasteiger partial charge in [0.2, 0.25) is 5.91 Å². The first-order valence-corrected chi connectivity index (χ1v) is 7.26. The molecule has 0 aliphatic heterocycles. The molecule has 0 bridgehead atoms. The molecule has 106 valence electrons. The van der Waals surface area contributed by atoms with Gasteiger partial charge in [-0.15, -0.1) is 11.3 Å². The largest absolute Gasteiger partial charge is 0.388 e. The summed E-state index contributed by atoms with van der Waals surface area (Å²) in [6.45, 7) is 0.416. The third-order valence-corrected chi connectivity index (χ3v) is 3.86. The van der Waals surface area contributed by atoms with Crippen molar-refractivity contribution in [2.75, 3.05) is 6.54 Å². The van der Waals surface area contributed by atoms with Crippen LogP contribution in [0, 0.1) is 5.82 Å². The van der Waals surface area contributed by atoms with E-state index in [0.717, 1.165) is 10.4 Å². The molecule has 1 amide bonds. The first-order valence-electron chi connectivity index (χ1n) is 6.38. The lowest BCUT2D eigenvalue weighted by Crippen LogP contribution is -2.27. The molecule has 5 heteroatoms. The average molecular weight is 293 g/mol. The summed E-state index contributed by atoms with van der Waals surface area (Å²) in [5.41, 5.74) is 0.766. The lowest BCUT2D eigenvalue weighted by atomic mass is 10.1. The maximum Gasteiger partial charge on any atom is 0.224 e. The third kappa shape index (κ3) is 4.43. The summed E-state index contributed by atoms with van der Waals surface area (Å²) >= 11 is 1.50. The summed E-state index contributed by atoms with van der Waals surface area (Å²) < 4.78 is 12.7. The van der Waals surface area contributed by atoms with Gasteiger partial charge in [-0.1, -0.05) is 18.2 Å². The number of carbonyl (C=O) groups excluding carboxylic acids is 1. The molecule has 3 nitrogen and oxygen atoms in total. The van der Waals surface area contributed by atoms with E-state index in [1.54, 1.807) is 12.1 Å². The van der Waals surface area contributed by atoms with Crippen molar-refractivity contribution in [1.82, 2.24) is 5.32 Å². The summed E-state index contributed by atoms with van der Waals surface area (Å²) in [5, 5.41) is 14.5. The van der Waals surface area contributed by atoms with Crippen LogP contribution < -0.4 is 5.32 Å². The van der Waals surface area contributed by atoms with E-state index in [1.165, 1.54) is 23.5 Å². The van der Waals surface area contributed by atoms with Gasteiger partial charge in [0, 0.05) is 11.4 Å². The van der Waals surface area contributed by atoms with Crippen LogP contribution in [0.3, 0.4) is 0 Å². The van der Waals surface area contributed by atoms with E-state index in [-0.39, 0.29) is 18.1 Å². The monoisotopic (exact) mass is 293 g/mol. The van der Waals surface area contributed by atoms with Gasteiger partial charge in [-0.05, 0) is 35.6 Å². The Labute approximate surface area is 121 Å². The lowest BCUT2D eigenvalue weighted by Gasteiger charge is -2.09. The van der Waals surface area contributed by atoms with Crippen LogP contribution in [0.15, 0.2) is 41.8 Å². The molecule has 0 fully saturated rings. The minimum atomic E-state index is -0.541. The van der Waals surface area contributed by atoms with E-state index >= 15 is 0 Å². The second-order valence-electron chi connectivity index (χ2n) is 4.47. The van der Waals surface area contributed by atoms with Crippen LogP contribution in [0.1, 0.15) is 23.0 Å². The topological polar surface area (TPSA) is 49.3 Å². The molecule has 0 spiro atoms. The number of aliphatic hydroxyl groups excluding tert-OH is 1. The fourth-order valence-electron chi connectivity index (χ4n) is 1.82. The fraction of sp³-hybridized carbons (Fsp3) is 0.267. The van der Waals surface area contributed by atoms with Crippen molar-refractivity contribution in [1.29, 1.82) is 0 Å². The summed E-state index contributed by atoms with van der Waals surface area (Å²) in [5.74, 6) is -0.441. The van der Waals surface area contributed by atoms with Gasteiger partial charge in [-0.25, -0.2) is 4.39 Å². The number of nitrogens with one attached hydrogen (secondary N) is 1. The zero-order valence-electron chi connectivity index (χ0n) is 10.9. The molecule has 2 rings (SSSR count). The van der Waals surface area contributed by atoms with Gasteiger partial charge >= 0.3 is 0 Å². The Morgan fingerprint density at radius 3 is 2.70 bits per heavy atom. The Bertz CT molecular complexity index is 540. The highest BCUT2D eigenvalue weighted by molar-refractivity contribution is 7.10. The normalized spacial score (nSPS) is 12.1. The maximum absolute atomic E-state index is 12.7. The molecule has 1 aromatic heterocycles. The van der Waals surface area contributed by atoms with Crippen LogP contribution in [0.25, 0.3) is 0 Å². The number of benzene rings is 1. The number of amides is 1. The van der Waals surface area contributed by atoms with Gasteiger partial charge in [0.05, 0.1) is 12.5 Å². The maximum atomic E-state index is 12.7. The van der Waals surface area contributed by atoms with Crippen LogP contribution in [0.5, 0.6) is 0 Å². The van der Waals surface area contributed by atoms with E-state index in [1.807, 2.05) is 17.5 Å². The molecule has 2 aromatic rings. The fourth-order valence-corrected chi connectivity index (χ4v) is 2.57. The second kappa shape index (κ2) is 7.17. The van der Waals surface area contributed by atoms with Gasteiger partial charge in [0.25, 0.3) is 0 Å². The molecule has 20 heavy (non-hydrogen) atoms. The highest BCUT2D eigenvalue weighted by Gasteiger charge is 2.09. The van der Waals surface area contributed by atoms with Crippen LogP contribution >= 0.6 is 11.3 Å². The number of thiophene rings is 1. The Morgan fingerprint density at radius 2 is 2.05 bits per heavy atom. The first-order chi connectivity index (χ1) is 9.65. The molecule has 2 N–H and O–H groups in total. The quantitative estimate of drug-likeness (QED) is 0.860. The summed E-state index contributed by atoms with van der Waals surface area (Å²) in [6.07, 6.45) is 0.159. The van der Waals surface area contributed by atoms with E-state index in [2.05, 4.69) is 5.32 Å². The Balaban J connectivity index is 1.71. The van der Waals surface area contributed by atoms with Crippen molar-refractivity contribution in [3.63, 3.8) is 0 Å². The Hall–Kier alpha value is -1.72. The molecule has 0 unspecified atom stereocenters. The van der Waals surface area contributed by atoms with Crippen LogP contribution in [0.2, 0.25) is 0 Å². The highest BCUT2D eigenvalue weighted by atomic mass is 32.1. The van der Waals surface area contributed by atoms with Crippen LogP contribution in [-0.2, 0) is 11.2 Å². The zero-order valence-corrected chi connectivity index (χ0v) is 11.7. The molecule has 0 saturated carbocycles. The average Bonchev–Trinajstić information content (AvgIpc) is 2.95. The Morgan fingerprint density at radius 1 is 1.30 bits per heavy atom. The highest BCUT2D eigenvalue weighted by Crippen LogP contribution is 2.20. The molecule has 1 heterocycles. The van der Waals surface area contributed by atoms with Gasteiger partial charge in [0.15, 0.2) is 0 Å². The van der Waals surface area contributed by atoms with Crippen molar-refractivity contribution < 1.29 is 14.3 Å². The van der Waals surface area contributed by atoms with E-state index < -0.39 is 6.10 Å². The second-order valence-corrected chi connectivity index (χ2v) is 5.45. The molecule has 0 saturated heterocycles. The number of aliphatic hydroxyl groups is 1. The number of hydrogen-bond donors (Lipinski definition) is 2. The van der Waals surface area contributed by atoms with Gasteiger partial charge in [-0.3, -0.25) is 4.79 Å². The Kier molecular flexibility index (Phi) is 5.26. The molecule has 0 aliphatic carbocycles. The zero-order chi connectivity index (χ0) is 14.4. The molecular weight excluding hydrogens is 277 g/mol. The van der Waals surface area contributed by atoms with Gasteiger partial charge < -0.3 is 10.4 Å². The van der Waals surface area contributed by atoms with Gasteiger partial charge in [0.1, 0.15) is 5.82 Å². The van der Waals surface area contributed by atoms with Crippen molar-refractivity contribution in [2.24, 2.45) is 0 Å². The molecule has 1 atom stereocenters. The number of rotatable bonds is 6. The van der Waals surface area contributed by atoms with Crippen LogP contribution in [0.4, 0.5) is 4.39 Å². The smallest absolute Gasteiger partial charge is 0.224 e. The third-order valence-electron chi connectivity index (χ3n) is 2.89. The SMILES string of the molecule is O=C(Cc1ccc(F)cc1)NCC[C@@H](O)c1cccs1. The van der Waals surface area contributed by atoms with E-state index in [4.69, 9.17) is 0 Å². The predicted octanol–water partition coefficient (Wildman–Crippen LogP) is 2.67. The van der Waals surface area contributed by atoms with Crippen LogP contribution in [-0.4, -0.2) is 17.6 Å². The summed E-state index contributed by atoms with van der Waals surface area (Å²) in [4.78, 5) is 12.6. The standard InChI is InChI=1S/C15H16FNO2S/c16-12-5-3-11(4-6-12)10-15(19)17-8-7-13(18)14-2-1-9-20-14/h1-6,9,13,18H,7-8,10H2,(H,17,19)/t13-/m1/s1. The van der Waals surface area contributed by atoms with E-state index in [9.17, 15) is 14.3 Å². The minimum absolute atomic E-state index is 0.130. The predicted molar refractivity (Wildman–Crippen MR) is 77.0 cm³/mol. The van der Waals surface area contributed by atoms with Gasteiger partial charge in [-0.2, -0.15) is 0 Å². The van der Waals surface area contributed by atoms with Crippen molar-refractivity contribution >= 4 is 17.2 Å². The number of halogens is 1. The molecule has 0 aliphatic rings. The first kappa shape index (κ1) is 14.7. The number of carbonyl (C=O) groups is 1. The number of hydrogen-bond acceptors (Lipinski definition) is 3. The lowest BCUT2D eigenvalue weighted by molar-refractivity contribution is -0.120. The van der Waals surface area contributed by atoms with Crippen molar-refractivity contribution in [3.8, 4) is 0 Å². The molecule has 0 radical (unpaired) electrons.